The van der Waals surface area contributed by atoms with Gasteiger partial charge in [0.25, 0.3) is 0 Å². The highest BCUT2D eigenvalue weighted by Crippen LogP contribution is 2.25. The number of fused-ring (bicyclic) bond motifs is 1. The Morgan fingerprint density at radius 1 is 1.21 bits per heavy atom. The van der Waals surface area contributed by atoms with Crippen molar-refractivity contribution < 1.29 is 5.11 Å². The molecule has 1 nitrogen and oxygen atoms in total. The van der Waals surface area contributed by atoms with E-state index in [-0.39, 0.29) is 12.5 Å². The average molecular weight is 190 g/mol. The Balaban J connectivity index is 2.29. The van der Waals surface area contributed by atoms with Gasteiger partial charge >= 0.3 is 0 Å². The van der Waals surface area contributed by atoms with Crippen LogP contribution in [-0.4, -0.2) is 11.7 Å². The fourth-order valence-electron chi connectivity index (χ4n) is 2.17. The second-order valence-corrected chi connectivity index (χ2v) is 4.32. The van der Waals surface area contributed by atoms with Crippen LogP contribution in [0, 0.1) is 0 Å². The SMILES string of the molecule is CC(CO)c1ccc2c(c1)CCCC2. The molecular formula is C13H18O. The number of rotatable bonds is 2. The van der Waals surface area contributed by atoms with Gasteiger partial charge in [-0.3, -0.25) is 0 Å². The lowest BCUT2D eigenvalue weighted by Crippen LogP contribution is -2.05. The van der Waals surface area contributed by atoms with Crippen LogP contribution < -0.4 is 0 Å². The molecule has 0 aromatic heterocycles. The average Bonchev–Trinajstić information content (AvgIpc) is 2.27. The van der Waals surface area contributed by atoms with E-state index in [9.17, 15) is 0 Å². The van der Waals surface area contributed by atoms with E-state index < -0.39 is 0 Å². The van der Waals surface area contributed by atoms with E-state index in [4.69, 9.17) is 5.11 Å². The van der Waals surface area contributed by atoms with Crippen molar-refractivity contribution in [2.24, 2.45) is 0 Å². The van der Waals surface area contributed by atoms with Gasteiger partial charge in [-0.1, -0.05) is 25.1 Å². The molecule has 1 aromatic rings. The van der Waals surface area contributed by atoms with Crippen molar-refractivity contribution in [3.05, 3.63) is 34.9 Å². The van der Waals surface area contributed by atoms with Crippen molar-refractivity contribution >= 4 is 0 Å². The molecule has 14 heavy (non-hydrogen) atoms. The lowest BCUT2D eigenvalue weighted by Gasteiger charge is -2.18. The molecule has 0 radical (unpaired) electrons. The summed E-state index contributed by atoms with van der Waals surface area (Å²) in [6, 6.07) is 6.70. The largest absolute Gasteiger partial charge is 0.396 e. The molecular weight excluding hydrogens is 172 g/mol. The van der Waals surface area contributed by atoms with Crippen molar-refractivity contribution in [3.8, 4) is 0 Å². The van der Waals surface area contributed by atoms with Crippen LogP contribution in [-0.2, 0) is 12.8 Å². The number of hydrogen-bond acceptors (Lipinski definition) is 1. The van der Waals surface area contributed by atoms with Crippen molar-refractivity contribution in [3.63, 3.8) is 0 Å². The van der Waals surface area contributed by atoms with Crippen LogP contribution in [0.3, 0.4) is 0 Å². The molecule has 0 spiro atoms. The third kappa shape index (κ3) is 1.83. The molecule has 1 heteroatoms. The maximum absolute atomic E-state index is 9.09. The quantitative estimate of drug-likeness (QED) is 0.760. The topological polar surface area (TPSA) is 20.2 Å². The summed E-state index contributed by atoms with van der Waals surface area (Å²) in [5.41, 5.74) is 4.31. The first-order valence-corrected chi connectivity index (χ1v) is 5.54. The fraction of sp³-hybridized carbons (Fsp3) is 0.538. The first-order chi connectivity index (χ1) is 6.81. The Labute approximate surface area is 85.8 Å². The second kappa shape index (κ2) is 4.14. The lowest BCUT2D eigenvalue weighted by atomic mass is 9.88. The van der Waals surface area contributed by atoms with Gasteiger partial charge < -0.3 is 5.11 Å². The van der Waals surface area contributed by atoms with Gasteiger partial charge in [0.2, 0.25) is 0 Å². The minimum absolute atomic E-state index is 0.249. The monoisotopic (exact) mass is 190 g/mol. The van der Waals surface area contributed by atoms with E-state index in [1.54, 1.807) is 0 Å². The summed E-state index contributed by atoms with van der Waals surface area (Å²) in [5, 5.41) is 9.09. The number of aryl methyl sites for hydroxylation is 2. The van der Waals surface area contributed by atoms with Gasteiger partial charge in [0.15, 0.2) is 0 Å². The van der Waals surface area contributed by atoms with Gasteiger partial charge in [-0.05, 0) is 42.4 Å². The van der Waals surface area contributed by atoms with Gasteiger partial charge in [0.05, 0.1) is 0 Å². The fourth-order valence-corrected chi connectivity index (χ4v) is 2.17. The van der Waals surface area contributed by atoms with Gasteiger partial charge in [-0.2, -0.15) is 0 Å². The molecule has 0 amide bonds. The van der Waals surface area contributed by atoms with Crippen LogP contribution in [0.15, 0.2) is 18.2 Å². The predicted molar refractivity (Wildman–Crippen MR) is 58.6 cm³/mol. The zero-order valence-corrected chi connectivity index (χ0v) is 8.79. The summed E-state index contributed by atoms with van der Waals surface area (Å²) >= 11 is 0. The predicted octanol–water partition coefficient (Wildman–Crippen LogP) is 2.66. The molecule has 0 fully saturated rings. The molecule has 76 valence electrons. The Kier molecular flexibility index (Phi) is 2.87. The van der Waals surface area contributed by atoms with Crippen LogP contribution >= 0.6 is 0 Å². The van der Waals surface area contributed by atoms with Crippen LogP contribution in [0.5, 0.6) is 0 Å². The Bertz CT molecular complexity index is 317. The van der Waals surface area contributed by atoms with Crippen molar-refractivity contribution in [2.45, 2.75) is 38.5 Å². The Hall–Kier alpha value is -0.820. The maximum Gasteiger partial charge on any atom is 0.0497 e. The normalized spacial score (nSPS) is 17.6. The third-order valence-corrected chi connectivity index (χ3v) is 3.22. The maximum atomic E-state index is 9.09. The molecule has 2 rings (SSSR count). The molecule has 1 aliphatic rings. The molecule has 0 saturated carbocycles. The number of benzene rings is 1. The van der Waals surface area contributed by atoms with E-state index in [0.29, 0.717) is 0 Å². The third-order valence-electron chi connectivity index (χ3n) is 3.22. The van der Waals surface area contributed by atoms with Crippen LogP contribution in [0.4, 0.5) is 0 Å². The van der Waals surface area contributed by atoms with E-state index in [0.717, 1.165) is 0 Å². The molecule has 1 aromatic carbocycles. The minimum atomic E-state index is 0.249. The molecule has 0 bridgehead atoms. The summed E-state index contributed by atoms with van der Waals surface area (Å²) < 4.78 is 0. The first kappa shape index (κ1) is 9.72. The number of aliphatic hydroxyl groups is 1. The van der Waals surface area contributed by atoms with Crippen LogP contribution in [0.2, 0.25) is 0 Å². The molecule has 1 atom stereocenters. The Morgan fingerprint density at radius 3 is 2.64 bits per heavy atom. The first-order valence-electron chi connectivity index (χ1n) is 5.54. The van der Waals surface area contributed by atoms with Crippen LogP contribution in [0.1, 0.15) is 42.4 Å². The second-order valence-electron chi connectivity index (χ2n) is 4.32. The highest BCUT2D eigenvalue weighted by atomic mass is 16.3. The number of aliphatic hydroxyl groups excluding tert-OH is 1. The zero-order valence-electron chi connectivity index (χ0n) is 8.79. The molecule has 1 N–H and O–H groups in total. The van der Waals surface area contributed by atoms with Gasteiger partial charge in [-0.15, -0.1) is 0 Å². The minimum Gasteiger partial charge on any atom is -0.396 e. The van der Waals surface area contributed by atoms with E-state index in [1.165, 1.54) is 42.4 Å². The standard InChI is InChI=1S/C13H18O/c1-10(9-14)12-7-6-11-4-2-3-5-13(11)8-12/h6-8,10,14H,2-5,9H2,1H3. The van der Waals surface area contributed by atoms with E-state index in [2.05, 4.69) is 25.1 Å². The van der Waals surface area contributed by atoms with Crippen LogP contribution in [0.25, 0.3) is 0 Å². The summed E-state index contributed by atoms with van der Waals surface area (Å²) in [7, 11) is 0. The summed E-state index contributed by atoms with van der Waals surface area (Å²) in [5.74, 6) is 0.280. The summed E-state index contributed by atoms with van der Waals surface area (Å²) in [4.78, 5) is 0. The highest BCUT2D eigenvalue weighted by molar-refractivity contribution is 5.35. The lowest BCUT2D eigenvalue weighted by molar-refractivity contribution is 0.273. The van der Waals surface area contributed by atoms with Crippen molar-refractivity contribution in [1.82, 2.24) is 0 Å². The van der Waals surface area contributed by atoms with Gasteiger partial charge in [0, 0.05) is 12.5 Å². The molecule has 0 heterocycles. The van der Waals surface area contributed by atoms with Gasteiger partial charge in [-0.25, -0.2) is 0 Å². The van der Waals surface area contributed by atoms with Crippen molar-refractivity contribution in [2.75, 3.05) is 6.61 Å². The highest BCUT2D eigenvalue weighted by Gasteiger charge is 2.11. The van der Waals surface area contributed by atoms with E-state index in [1.807, 2.05) is 0 Å². The molecule has 1 aliphatic carbocycles. The van der Waals surface area contributed by atoms with Crippen molar-refractivity contribution in [1.29, 1.82) is 0 Å². The van der Waals surface area contributed by atoms with Gasteiger partial charge in [0.1, 0.15) is 0 Å². The smallest absolute Gasteiger partial charge is 0.0497 e. The van der Waals surface area contributed by atoms with E-state index >= 15 is 0 Å². The zero-order chi connectivity index (χ0) is 9.97. The Morgan fingerprint density at radius 2 is 1.93 bits per heavy atom. The molecule has 1 unspecified atom stereocenters. The summed E-state index contributed by atoms with van der Waals surface area (Å²) in [6.45, 7) is 2.32. The number of hydrogen-bond donors (Lipinski definition) is 1. The molecule has 0 saturated heterocycles. The molecule has 0 aliphatic heterocycles. The summed E-state index contributed by atoms with van der Waals surface area (Å²) in [6.07, 6.45) is 5.12.